The lowest BCUT2D eigenvalue weighted by molar-refractivity contribution is 0.412. The van der Waals surface area contributed by atoms with Crippen LogP contribution in [0.15, 0.2) is 18.2 Å². The van der Waals surface area contributed by atoms with Crippen molar-refractivity contribution in [2.24, 2.45) is 0 Å². The molecule has 0 radical (unpaired) electrons. The second kappa shape index (κ2) is 3.84. The maximum Gasteiger partial charge on any atom is 0.144 e. The number of aryl methyl sites for hydroxylation is 2. The topological polar surface area (TPSA) is 66.0 Å². The van der Waals surface area contributed by atoms with E-state index in [0.717, 1.165) is 17.3 Å². The van der Waals surface area contributed by atoms with Gasteiger partial charge in [-0.1, -0.05) is 0 Å². The van der Waals surface area contributed by atoms with Crippen LogP contribution in [0.5, 0.6) is 5.75 Å². The first-order valence-electron chi connectivity index (χ1n) is 4.96. The fourth-order valence-corrected chi connectivity index (χ4v) is 1.70. The van der Waals surface area contributed by atoms with E-state index in [2.05, 4.69) is 10.2 Å². The molecule has 16 heavy (non-hydrogen) atoms. The zero-order valence-electron chi connectivity index (χ0n) is 9.56. The molecule has 0 unspecified atom stereocenters. The molecule has 1 aromatic heterocycles. The Balaban J connectivity index is 2.64. The Morgan fingerprint density at radius 1 is 1.19 bits per heavy atom. The van der Waals surface area contributed by atoms with E-state index >= 15 is 0 Å². The lowest BCUT2D eigenvalue weighted by Crippen LogP contribution is -2.03. The highest BCUT2D eigenvalue weighted by atomic mass is 16.5. The summed E-state index contributed by atoms with van der Waals surface area (Å²) in [7, 11) is 1.62. The van der Waals surface area contributed by atoms with Crippen LogP contribution in [0.1, 0.15) is 11.6 Å². The van der Waals surface area contributed by atoms with Crippen molar-refractivity contribution in [1.29, 1.82) is 0 Å². The van der Waals surface area contributed by atoms with E-state index in [1.54, 1.807) is 13.2 Å². The number of hydrogen-bond donors (Lipinski definition) is 1. The first-order chi connectivity index (χ1) is 7.63. The Bertz CT molecular complexity index is 499. The Labute approximate surface area is 93.9 Å². The number of nitrogen functional groups attached to an aromatic ring is 1. The first kappa shape index (κ1) is 10.5. The lowest BCUT2D eigenvalue weighted by Gasteiger charge is -2.12. The van der Waals surface area contributed by atoms with Gasteiger partial charge in [-0.25, -0.2) is 0 Å². The molecular weight excluding hydrogens is 204 g/mol. The number of nitrogens with zero attached hydrogens (tertiary/aromatic N) is 3. The lowest BCUT2D eigenvalue weighted by atomic mass is 10.2. The van der Waals surface area contributed by atoms with Crippen molar-refractivity contribution in [1.82, 2.24) is 14.8 Å². The minimum atomic E-state index is 0.670. The van der Waals surface area contributed by atoms with Gasteiger partial charge in [0, 0.05) is 11.8 Å². The zero-order valence-corrected chi connectivity index (χ0v) is 9.56. The summed E-state index contributed by atoms with van der Waals surface area (Å²) in [5.74, 6) is 2.35. The molecule has 2 N–H and O–H groups in total. The monoisotopic (exact) mass is 218 g/mol. The van der Waals surface area contributed by atoms with E-state index in [1.807, 2.05) is 30.5 Å². The highest BCUT2D eigenvalue weighted by Gasteiger charge is 2.11. The Kier molecular flexibility index (Phi) is 2.52. The van der Waals surface area contributed by atoms with Crippen molar-refractivity contribution < 1.29 is 4.74 Å². The molecule has 2 aromatic rings. The largest absolute Gasteiger partial charge is 0.494 e. The number of methoxy groups -OCH3 is 1. The molecule has 1 aromatic carbocycles. The van der Waals surface area contributed by atoms with E-state index in [1.165, 1.54) is 0 Å². The van der Waals surface area contributed by atoms with Crippen molar-refractivity contribution in [2.45, 2.75) is 13.8 Å². The van der Waals surface area contributed by atoms with E-state index in [4.69, 9.17) is 10.5 Å². The predicted molar refractivity (Wildman–Crippen MR) is 61.8 cm³/mol. The van der Waals surface area contributed by atoms with Crippen LogP contribution >= 0.6 is 0 Å². The number of anilines is 1. The molecule has 0 aliphatic rings. The van der Waals surface area contributed by atoms with Gasteiger partial charge < -0.3 is 10.5 Å². The Morgan fingerprint density at radius 3 is 2.38 bits per heavy atom. The van der Waals surface area contributed by atoms with E-state index < -0.39 is 0 Å². The van der Waals surface area contributed by atoms with Gasteiger partial charge in [-0.2, -0.15) is 0 Å². The molecule has 0 bridgehead atoms. The summed E-state index contributed by atoms with van der Waals surface area (Å²) in [6.07, 6.45) is 0. The maximum absolute atomic E-state index is 5.71. The average molecular weight is 218 g/mol. The molecule has 0 fully saturated rings. The molecule has 5 heteroatoms. The number of aromatic nitrogens is 3. The van der Waals surface area contributed by atoms with Crippen LogP contribution in [0.25, 0.3) is 5.69 Å². The molecule has 0 spiro atoms. The van der Waals surface area contributed by atoms with Crippen molar-refractivity contribution in [3.05, 3.63) is 29.8 Å². The third-order valence-electron chi connectivity index (χ3n) is 2.43. The Hall–Kier alpha value is -2.04. The second-order valence-electron chi connectivity index (χ2n) is 3.56. The van der Waals surface area contributed by atoms with E-state index in [-0.39, 0.29) is 0 Å². The van der Waals surface area contributed by atoms with Crippen LogP contribution in [0.4, 0.5) is 5.69 Å². The number of hydrogen-bond acceptors (Lipinski definition) is 4. The smallest absolute Gasteiger partial charge is 0.144 e. The van der Waals surface area contributed by atoms with Crippen molar-refractivity contribution >= 4 is 5.69 Å². The summed E-state index contributed by atoms with van der Waals surface area (Å²) >= 11 is 0. The highest BCUT2D eigenvalue weighted by molar-refractivity contribution is 5.56. The molecule has 0 aliphatic carbocycles. The average Bonchev–Trinajstić information content (AvgIpc) is 2.59. The molecule has 1 heterocycles. The van der Waals surface area contributed by atoms with E-state index in [0.29, 0.717) is 11.4 Å². The quantitative estimate of drug-likeness (QED) is 0.775. The van der Waals surface area contributed by atoms with Crippen molar-refractivity contribution in [3.63, 3.8) is 0 Å². The van der Waals surface area contributed by atoms with Gasteiger partial charge in [0.05, 0.1) is 12.8 Å². The minimum absolute atomic E-state index is 0.670. The number of nitrogens with two attached hydrogens (primary N) is 1. The molecule has 0 saturated carbocycles. The second-order valence-corrected chi connectivity index (χ2v) is 3.56. The molecule has 0 saturated heterocycles. The van der Waals surface area contributed by atoms with Gasteiger partial charge in [-0.3, -0.25) is 4.57 Å². The van der Waals surface area contributed by atoms with Crippen LogP contribution in [-0.4, -0.2) is 21.9 Å². The summed E-state index contributed by atoms with van der Waals surface area (Å²) < 4.78 is 7.23. The number of benzene rings is 1. The first-order valence-corrected chi connectivity index (χ1v) is 4.96. The van der Waals surface area contributed by atoms with Gasteiger partial charge in [0.15, 0.2) is 0 Å². The van der Waals surface area contributed by atoms with Gasteiger partial charge in [-0.05, 0) is 26.0 Å². The van der Waals surface area contributed by atoms with Crippen LogP contribution < -0.4 is 10.5 Å². The summed E-state index contributed by atoms with van der Waals surface area (Å²) in [4.78, 5) is 0. The van der Waals surface area contributed by atoms with Gasteiger partial charge in [-0.15, -0.1) is 10.2 Å². The maximum atomic E-state index is 5.71. The molecule has 84 valence electrons. The van der Waals surface area contributed by atoms with Crippen LogP contribution in [0.2, 0.25) is 0 Å². The summed E-state index contributed by atoms with van der Waals surface area (Å²) in [5.41, 5.74) is 7.28. The van der Waals surface area contributed by atoms with Gasteiger partial charge in [0.25, 0.3) is 0 Å². The standard InChI is InChI=1S/C11H14N4O/c1-7-13-14-8(2)15(7)10-5-4-9(12)6-11(10)16-3/h4-6H,12H2,1-3H3. The van der Waals surface area contributed by atoms with E-state index in [9.17, 15) is 0 Å². The molecule has 0 amide bonds. The van der Waals surface area contributed by atoms with Crippen LogP contribution in [0.3, 0.4) is 0 Å². The zero-order chi connectivity index (χ0) is 11.7. The fourth-order valence-electron chi connectivity index (χ4n) is 1.70. The summed E-state index contributed by atoms with van der Waals surface area (Å²) in [6.45, 7) is 3.80. The molecule has 0 atom stereocenters. The molecular formula is C11H14N4O. The third kappa shape index (κ3) is 1.60. The normalized spacial score (nSPS) is 10.4. The molecule has 2 rings (SSSR count). The van der Waals surface area contributed by atoms with Gasteiger partial charge in [0.2, 0.25) is 0 Å². The highest BCUT2D eigenvalue weighted by Crippen LogP contribution is 2.26. The Morgan fingerprint density at radius 2 is 1.81 bits per heavy atom. The van der Waals surface area contributed by atoms with Crippen molar-refractivity contribution in [3.8, 4) is 11.4 Å². The van der Waals surface area contributed by atoms with Crippen molar-refractivity contribution in [2.75, 3.05) is 12.8 Å². The van der Waals surface area contributed by atoms with Crippen LogP contribution in [-0.2, 0) is 0 Å². The summed E-state index contributed by atoms with van der Waals surface area (Å²) in [5, 5.41) is 8.03. The van der Waals surface area contributed by atoms with Gasteiger partial charge >= 0.3 is 0 Å². The number of ether oxygens (including phenoxy) is 1. The molecule has 0 aliphatic heterocycles. The predicted octanol–water partition coefficient (Wildman–Crippen LogP) is 1.47. The van der Waals surface area contributed by atoms with Gasteiger partial charge in [0.1, 0.15) is 17.4 Å². The summed E-state index contributed by atoms with van der Waals surface area (Å²) in [6, 6.07) is 5.52. The SMILES string of the molecule is COc1cc(N)ccc1-n1c(C)nnc1C. The van der Waals surface area contributed by atoms with Crippen LogP contribution in [0, 0.1) is 13.8 Å². The molecule has 5 nitrogen and oxygen atoms in total. The third-order valence-corrected chi connectivity index (χ3v) is 2.43. The number of rotatable bonds is 2. The minimum Gasteiger partial charge on any atom is -0.494 e. The fraction of sp³-hybridized carbons (Fsp3) is 0.273.